The van der Waals surface area contributed by atoms with Gasteiger partial charge in [0, 0.05) is 0 Å². The van der Waals surface area contributed by atoms with Gasteiger partial charge in [0.1, 0.15) is 5.82 Å². The van der Waals surface area contributed by atoms with Crippen LogP contribution in [0, 0.1) is 11.7 Å². The maximum absolute atomic E-state index is 14.7. The van der Waals surface area contributed by atoms with Crippen LogP contribution in [0.2, 0.25) is 0 Å². The number of benzene rings is 2. The van der Waals surface area contributed by atoms with Crippen LogP contribution in [0.3, 0.4) is 0 Å². The van der Waals surface area contributed by atoms with Crippen LogP contribution >= 0.6 is 0 Å². The Labute approximate surface area is 210 Å². The molecule has 1 aliphatic rings. The summed E-state index contributed by atoms with van der Waals surface area (Å²) in [7, 11) is 0. The molecule has 0 bridgehead atoms. The molecule has 2 aromatic rings. The van der Waals surface area contributed by atoms with Gasteiger partial charge >= 0.3 is 6.11 Å². The fourth-order valence-electron chi connectivity index (χ4n) is 5.32. The largest absolute Gasteiger partial charge is 0.383 e. The van der Waals surface area contributed by atoms with Crippen LogP contribution in [0.5, 0.6) is 0 Å². The second-order valence-corrected chi connectivity index (χ2v) is 10.3. The molecular formula is C31H43F3O. The quantitative estimate of drug-likeness (QED) is 0.240. The number of rotatable bonds is 14. The molecular weight excluding hydrogens is 445 g/mol. The van der Waals surface area contributed by atoms with E-state index in [0.717, 1.165) is 55.6 Å². The van der Waals surface area contributed by atoms with E-state index >= 15 is 0 Å². The standard InChI is InChI=1S/C31H43F3O/c1-3-5-7-9-24-11-14-26(15-12-24)27-17-19-29(20-18-27)31(33,34)35-22-21-28-16-13-25(23-30(28)32)10-8-6-4-2/h13,16-20,23-24,26H,3-12,14-15,21-22H2,1-2H3. The van der Waals surface area contributed by atoms with E-state index in [1.54, 1.807) is 6.07 Å². The summed E-state index contributed by atoms with van der Waals surface area (Å²) in [5, 5.41) is 0. The van der Waals surface area contributed by atoms with Crippen molar-refractivity contribution < 1.29 is 17.9 Å². The van der Waals surface area contributed by atoms with Gasteiger partial charge in [0.25, 0.3) is 0 Å². The first-order chi connectivity index (χ1) is 16.9. The number of alkyl halides is 2. The minimum Gasteiger partial charge on any atom is -0.316 e. The van der Waals surface area contributed by atoms with Gasteiger partial charge in [-0.15, -0.1) is 0 Å². The molecule has 1 nitrogen and oxygen atoms in total. The van der Waals surface area contributed by atoms with E-state index in [4.69, 9.17) is 4.74 Å². The second-order valence-electron chi connectivity index (χ2n) is 10.3. The van der Waals surface area contributed by atoms with Crippen molar-refractivity contribution in [1.82, 2.24) is 0 Å². The summed E-state index contributed by atoms with van der Waals surface area (Å²) in [5.74, 6) is 0.959. The number of ether oxygens (including phenoxy) is 1. The molecule has 3 rings (SSSR count). The normalized spacial score (nSPS) is 18.7. The summed E-state index contributed by atoms with van der Waals surface area (Å²) < 4.78 is 48.6. The average molecular weight is 489 g/mol. The summed E-state index contributed by atoms with van der Waals surface area (Å²) in [6.45, 7) is 4.14. The van der Waals surface area contributed by atoms with E-state index in [1.807, 2.05) is 18.2 Å². The van der Waals surface area contributed by atoms with Crippen LogP contribution in [0.1, 0.15) is 113 Å². The zero-order chi connectivity index (χ0) is 25.1. The monoisotopic (exact) mass is 488 g/mol. The van der Waals surface area contributed by atoms with Crippen LogP contribution in [-0.2, 0) is 23.7 Å². The minimum absolute atomic E-state index is 0.121. The Morgan fingerprint density at radius 1 is 0.829 bits per heavy atom. The van der Waals surface area contributed by atoms with Gasteiger partial charge < -0.3 is 4.74 Å². The van der Waals surface area contributed by atoms with Crippen molar-refractivity contribution in [3.63, 3.8) is 0 Å². The number of hydrogen-bond donors (Lipinski definition) is 0. The van der Waals surface area contributed by atoms with Crippen molar-refractivity contribution in [1.29, 1.82) is 0 Å². The summed E-state index contributed by atoms with van der Waals surface area (Å²) >= 11 is 0. The van der Waals surface area contributed by atoms with Crippen molar-refractivity contribution in [2.45, 2.75) is 109 Å². The molecule has 1 aliphatic carbocycles. The van der Waals surface area contributed by atoms with E-state index < -0.39 is 6.11 Å². The lowest BCUT2D eigenvalue weighted by atomic mass is 9.77. The molecule has 0 atom stereocenters. The lowest BCUT2D eigenvalue weighted by molar-refractivity contribution is -0.248. The maximum atomic E-state index is 14.7. The zero-order valence-electron chi connectivity index (χ0n) is 21.6. The Morgan fingerprint density at radius 3 is 2.17 bits per heavy atom. The van der Waals surface area contributed by atoms with Gasteiger partial charge in [-0.2, -0.15) is 8.78 Å². The van der Waals surface area contributed by atoms with Crippen LogP contribution in [0.15, 0.2) is 42.5 Å². The van der Waals surface area contributed by atoms with Crippen molar-refractivity contribution >= 4 is 0 Å². The molecule has 1 fully saturated rings. The first kappa shape index (κ1) is 27.8. The van der Waals surface area contributed by atoms with Gasteiger partial charge in [-0.1, -0.05) is 88.8 Å². The van der Waals surface area contributed by atoms with E-state index in [1.165, 1.54) is 56.7 Å². The Morgan fingerprint density at radius 2 is 1.51 bits per heavy atom. The zero-order valence-corrected chi connectivity index (χ0v) is 21.6. The van der Waals surface area contributed by atoms with Crippen LogP contribution < -0.4 is 0 Å². The molecule has 0 saturated heterocycles. The average Bonchev–Trinajstić information content (AvgIpc) is 2.86. The highest BCUT2D eigenvalue weighted by Crippen LogP contribution is 2.39. The SMILES string of the molecule is CCCCCc1ccc(CCOC(F)(F)c2ccc(C3CCC(CCCCC)CC3)cc2)c(F)c1. The van der Waals surface area contributed by atoms with Crippen LogP contribution in [0.25, 0.3) is 0 Å². The molecule has 0 aromatic heterocycles. The van der Waals surface area contributed by atoms with Gasteiger partial charge in [0.2, 0.25) is 0 Å². The summed E-state index contributed by atoms with van der Waals surface area (Å²) in [6, 6.07) is 11.8. The molecule has 0 N–H and O–H groups in total. The Hall–Kier alpha value is -1.81. The third-order valence-electron chi connectivity index (χ3n) is 7.62. The van der Waals surface area contributed by atoms with Crippen molar-refractivity contribution in [3.05, 3.63) is 70.5 Å². The highest BCUT2D eigenvalue weighted by molar-refractivity contribution is 5.28. The molecule has 194 valence electrons. The van der Waals surface area contributed by atoms with Crippen LogP contribution in [-0.4, -0.2) is 6.61 Å². The molecule has 35 heavy (non-hydrogen) atoms. The lowest BCUT2D eigenvalue weighted by Gasteiger charge is -2.29. The molecule has 0 radical (unpaired) electrons. The van der Waals surface area contributed by atoms with Gasteiger partial charge in [-0.25, -0.2) is 4.39 Å². The third kappa shape index (κ3) is 8.66. The molecule has 0 spiro atoms. The molecule has 2 aromatic carbocycles. The van der Waals surface area contributed by atoms with E-state index in [-0.39, 0.29) is 24.4 Å². The molecule has 1 saturated carbocycles. The van der Waals surface area contributed by atoms with Crippen molar-refractivity contribution in [2.24, 2.45) is 5.92 Å². The van der Waals surface area contributed by atoms with Crippen molar-refractivity contribution in [2.75, 3.05) is 6.61 Å². The number of unbranched alkanes of at least 4 members (excludes halogenated alkanes) is 4. The second kappa shape index (κ2) is 14.1. The van der Waals surface area contributed by atoms with Gasteiger partial charge in [-0.3, -0.25) is 0 Å². The van der Waals surface area contributed by atoms with Gasteiger partial charge in [0.15, 0.2) is 0 Å². The fraction of sp³-hybridized carbons (Fsp3) is 0.613. The smallest absolute Gasteiger partial charge is 0.316 e. The minimum atomic E-state index is -3.38. The molecule has 4 heteroatoms. The van der Waals surface area contributed by atoms with Crippen molar-refractivity contribution in [3.8, 4) is 0 Å². The highest BCUT2D eigenvalue weighted by Gasteiger charge is 2.33. The molecule has 0 amide bonds. The first-order valence-electron chi connectivity index (χ1n) is 13.8. The number of halogens is 3. The summed E-state index contributed by atoms with van der Waals surface area (Å²) in [4.78, 5) is 0. The Bertz CT molecular complexity index is 869. The maximum Gasteiger partial charge on any atom is 0.383 e. The molecule has 0 unspecified atom stereocenters. The summed E-state index contributed by atoms with van der Waals surface area (Å²) in [5.41, 5.74) is 2.38. The predicted octanol–water partition coefficient (Wildman–Crippen LogP) is 9.72. The molecule has 0 aliphatic heterocycles. The van der Waals surface area contributed by atoms with E-state index in [9.17, 15) is 13.2 Å². The lowest BCUT2D eigenvalue weighted by Crippen LogP contribution is -2.20. The highest BCUT2D eigenvalue weighted by atomic mass is 19.3. The summed E-state index contributed by atoms with van der Waals surface area (Å²) in [6.07, 6.45) is 10.9. The number of hydrogen-bond acceptors (Lipinski definition) is 1. The third-order valence-corrected chi connectivity index (χ3v) is 7.62. The first-order valence-corrected chi connectivity index (χ1v) is 13.8. The Kier molecular flexibility index (Phi) is 11.2. The Balaban J connectivity index is 1.46. The van der Waals surface area contributed by atoms with Gasteiger partial charge in [-0.05, 0) is 79.5 Å². The predicted molar refractivity (Wildman–Crippen MR) is 138 cm³/mol. The van der Waals surface area contributed by atoms with Crippen LogP contribution in [0.4, 0.5) is 13.2 Å². The fourth-order valence-corrected chi connectivity index (χ4v) is 5.32. The topological polar surface area (TPSA) is 9.23 Å². The number of aryl methyl sites for hydroxylation is 1. The van der Waals surface area contributed by atoms with E-state index in [2.05, 4.69) is 13.8 Å². The van der Waals surface area contributed by atoms with Gasteiger partial charge in [0.05, 0.1) is 12.2 Å². The van der Waals surface area contributed by atoms with E-state index in [0.29, 0.717) is 11.5 Å². The molecule has 0 heterocycles.